The van der Waals surface area contributed by atoms with Crippen LogP contribution in [-0.4, -0.2) is 33.4 Å². The highest BCUT2D eigenvalue weighted by Crippen LogP contribution is 2.19. The number of carbonyl (C=O) groups excluding carboxylic acids is 2. The summed E-state index contributed by atoms with van der Waals surface area (Å²) in [7, 11) is 1.59. The smallest absolute Gasteiger partial charge is 0.295 e. The van der Waals surface area contributed by atoms with E-state index in [0.29, 0.717) is 22.5 Å². The van der Waals surface area contributed by atoms with Gasteiger partial charge in [0, 0.05) is 13.6 Å². The number of nitrogens with zero attached hydrogens (tertiary/aromatic N) is 4. The molecule has 0 N–H and O–H groups in total. The SMILES string of the molecule is Cc1nn(-c2ccccc2)c(C)c1C(=O)C(=O)N(C)Cc1ccc(C#N)cc1. The van der Waals surface area contributed by atoms with Gasteiger partial charge in [0.25, 0.3) is 11.7 Å². The van der Waals surface area contributed by atoms with Gasteiger partial charge in [0.15, 0.2) is 0 Å². The van der Waals surface area contributed by atoms with Gasteiger partial charge in [-0.3, -0.25) is 9.59 Å². The molecule has 0 radical (unpaired) electrons. The summed E-state index contributed by atoms with van der Waals surface area (Å²) in [6.07, 6.45) is 0. The molecule has 6 nitrogen and oxygen atoms in total. The molecular formula is C22H20N4O2. The number of rotatable bonds is 5. The molecule has 3 rings (SSSR count). The normalized spacial score (nSPS) is 10.4. The number of para-hydroxylation sites is 1. The van der Waals surface area contributed by atoms with Crippen molar-refractivity contribution < 1.29 is 9.59 Å². The Morgan fingerprint density at radius 2 is 1.71 bits per heavy atom. The minimum atomic E-state index is -0.594. The van der Waals surface area contributed by atoms with E-state index in [1.54, 1.807) is 49.8 Å². The first-order valence-electron chi connectivity index (χ1n) is 8.83. The van der Waals surface area contributed by atoms with Gasteiger partial charge in [-0.15, -0.1) is 0 Å². The maximum atomic E-state index is 12.9. The van der Waals surface area contributed by atoms with Crippen LogP contribution >= 0.6 is 0 Å². The number of benzene rings is 2. The zero-order valence-corrected chi connectivity index (χ0v) is 16.0. The van der Waals surface area contributed by atoms with Gasteiger partial charge in [-0.25, -0.2) is 4.68 Å². The van der Waals surface area contributed by atoms with E-state index in [9.17, 15) is 9.59 Å². The molecule has 0 unspecified atom stereocenters. The molecule has 0 saturated heterocycles. The number of ketones is 1. The fourth-order valence-electron chi connectivity index (χ4n) is 3.10. The molecule has 0 aliphatic carbocycles. The Bertz CT molecular complexity index is 1060. The number of Topliss-reactive ketones (excluding diaryl/α,β-unsaturated/α-hetero) is 1. The molecular weight excluding hydrogens is 352 g/mol. The topological polar surface area (TPSA) is 79.0 Å². The largest absolute Gasteiger partial charge is 0.335 e. The van der Waals surface area contributed by atoms with Crippen LogP contribution in [0.2, 0.25) is 0 Å². The van der Waals surface area contributed by atoms with Crippen molar-refractivity contribution in [2.75, 3.05) is 7.05 Å². The van der Waals surface area contributed by atoms with Gasteiger partial charge < -0.3 is 4.90 Å². The van der Waals surface area contributed by atoms with Crippen LogP contribution in [0, 0.1) is 25.2 Å². The highest BCUT2D eigenvalue weighted by atomic mass is 16.2. The molecule has 0 fully saturated rings. The third kappa shape index (κ3) is 3.69. The number of hydrogen-bond donors (Lipinski definition) is 0. The van der Waals surface area contributed by atoms with E-state index in [-0.39, 0.29) is 6.54 Å². The number of amides is 1. The third-order valence-corrected chi connectivity index (χ3v) is 4.56. The van der Waals surface area contributed by atoms with Crippen LogP contribution in [0.15, 0.2) is 54.6 Å². The van der Waals surface area contributed by atoms with E-state index in [4.69, 9.17) is 5.26 Å². The summed E-state index contributed by atoms with van der Waals surface area (Å²) in [6.45, 7) is 3.79. The molecule has 0 aliphatic rings. The second-order valence-corrected chi connectivity index (χ2v) is 6.59. The molecule has 0 bridgehead atoms. The van der Waals surface area contributed by atoms with Crippen LogP contribution in [-0.2, 0) is 11.3 Å². The van der Waals surface area contributed by atoms with Gasteiger partial charge in [-0.05, 0) is 43.7 Å². The zero-order valence-electron chi connectivity index (χ0n) is 16.0. The molecule has 140 valence electrons. The van der Waals surface area contributed by atoms with Gasteiger partial charge in [0.2, 0.25) is 0 Å². The van der Waals surface area contributed by atoms with Crippen molar-refractivity contribution in [3.63, 3.8) is 0 Å². The lowest BCUT2D eigenvalue weighted by atomic mass is 10.1. The third-order valence-electron chi connectivity index (χ3n) is 4.56. The van der Waals surface area contributed by atoms with Gasteiger partial charge in [-0.1, -0.05) is 30.3 Å². The summed E-state index contributed by atoms with van der Waals surface area (Å²) in [5.41, 5.74) is 3.71. The molecule has 28 heavy (non-hydrogen) atoms. The van der Waals surface area contributed by atoms with Gasteiger partial charge in [0.1, 0.15) is 0 Å². The Labute approximate surface area is 163 Å². The van der Waals surface area contributed by atoms with Crippen molar-refractivity contribution in [1.82, 2.24) is 14.7 Å². The standard InChI is InChI=1S/C22H20N4O2/c1-15-20(16(2)26(24-15)19-7-5-4-6-8-19)21(27)22(28)25(3)14-18-11-9-17(13-23)10-12-18/h4-12H,14H2,1-3H3. The van der Waals surface area contributed by atoms with Crippen LogP contribution in [0.1, 0.15) is 32.9 Å². The Hall–Kier alpha value is -3.72. The average Bonchev–Trinajstić information content (AvgIpc) is 3.02. The Morgan fingerprint density at radius 1 is 1.07 bits per heavy atom. The lowest BCUT2D eigenvalue weighted by molar-refractivity contribution is -0.125. The highest BCUT2D eigenvalue weighted by Gasteiger charge is 2.27. The molecule has 1 heterocycles. The minimum absolute atomic E-state index is 0.279. The summed E-state index contributed by atoms with van der Waals surface area (Å²) in [5, 5.41) is 13.3. The van der Waals surface area contributed by atoms with E-state index in [2.05, 4.69) is 11.2 Å². The second kappa shape index (κ2) is 7.89. The van der Waals surface area contributed by atoms with Crippen LogP contribution in [0.4, 0.5) is 0 Å². The molecule has 0 atom stereocenters. The molecule has 6 heteroatoms. The van der Waals surface area contributed by atoms with Gasteiger partial charge in [0.05, 0.1) is 34.3 Å². The van der Waals surface area contributed by atoms with Crippen molar-refractivity contribution in [2.24, 2.45) is 0 Å². The van der Waals surface area contributed by atoms with E-state index >= 15 is 0 Å². The Morgan fingerprint density at radius 3 is 2.32 bits per heavy atom. The van der Waals surface area contributed by atoms with Crippen molar-refractivity contribution >= 4 is 11.7 Å². The fourth-order valence-corrected chi connectivity index (χ4v) is 3.10. The predicted octanol–water partition coefficient (Wildman–Crippen LogP) is 3.20. The van der Waals surface area contributed by atoms with Crippen LogP contribution in [0.25, 0.3) is 5.69 Å². The molecule has 0 spiro atoms. The first-order valence-corrected chi connectivity index (χ1v) is 8.83. The molecule has 1 aromatic heterocycles. The lowest BCUT2D eigenvalue weighted by Gasteiger charge is -2.16. The number of aryl methyl sites for hydroxylation is 1. The fraction of sp³-hybridized carbons (Fsp3) is 0.182. The van der Waals surface area contributed by atoms with E-state index in [1.807, 2.05) is 30.3 Å². The summed E-state index contributed by atoms with van der Waals surface area (Å²) in [4.78, 5) is 27.0. The quantitative estimate of drug-likeness (QED) is 0.509. The molecule has 1 amide bonds. The van der Waals surface area contributed by atoms with Crippen molar-refractivity contribution in [3.8, 4) is 11.8 Å². The van der Waals surface area contributed by atoms with E-state index in [0.717, 1.165) is 11.3 Å². The molecule has 2 aromatic carbocycles. The monoisotopic (exact) mass is 372 g/mol. The van der Waals surface area contributed by atoms with Crippen LogP contribution < -0.4 is 0 Å². The summed E-state index contributed by atoms with van der Waals surface area (Å²) in [5.74, 6) is -1.17. The molecule has 0 saturated carbocycles. The van der Waals surface area contributed by atoms with Gasteiger partial charge in [-0.2, -0.15) is 10.4 Å². The first-order chi connectivity index (χ1) is 13.4. The minimum Gasteiger partial charge on any atom is -0.335 e. The maximum Gasteiger partial charge on any atom is 0.295 e. The first kappa shape index (κ1) is 19.1. The number of likely N-dealkylation sites (N-methyl/N-ethyl adjacent to an activating group) is 1. The van der Waals surface area contributed by atoms with Crippen molar-refractivity contribution in [2.45, 2.75) is 20.4 Å². The van der Waals surface area contributed by atoms with Crippen LogP contribution in [0.5, 0.6) is 0 Å². The second-order valence-electron chi connectivity index (χ2n) is 6.59. The summed E-state index contributed by atoms with van der Waals surface area (Å²) >= 11 is 0. The summed E-state index contributed by atoms with van der Waals surface area (Å²) < 4.78 is 1.68. The predicted molar refractivity (Wildman–Crippen MR) is 105 cm³/mol. The maximum absolute atomic E-state index is 12.9. The number of hydrogen-bond acceptors (Lipinski definition) is 4. The molecule has 3 aromatic rings. The van der Waals surface area contributed by atoms with Crippen molar-refractivity contribution in [3.05, 3.63) is 82.7 Å². The number of aromatic nitrogens is 2. The van der Waals surface area contributed by atoms with E-state index in [1.165, 1.54) is 4.90 Å². The lowest BCUT2D eigenvalue weighted by Crippen LogP contribution is -2.33. The van der Waals surface area contributed by atoms with E-state index < -0.39 is 11.7 Å². The Kier molecular flexibility index (Phi) is 5.37. The summed E-state index contributed by atoms with van der Waals surface area (Å²) in [6, 6.07) is 18.5. The van der Waals surface area contributed by atoms with Crippen molar-refractivity contribution in [1.29, 1.82) is 5.26 Å². The highest BCUT2D eigenvalue weighted by molar-refractivity contribution is 6.43. The Balaban J connectivity index is 1.82. The van der Waals surface area contributed by atoms with Gasteiger partial charge >= 0.3 is 0 Å². The molecule has 0 aliphatic heterocycles. The number of nitriles is 1. The van der Waals surface area contributed by atoms with Crippen LogP contribution in [0.3, 0.4) is 0 Å². The zero-order chi connectivity index (χ0) is 20.3. The average molecular weight is 372 g/mol. The number of carbonyl (C=O) groups is 2.